The molecule has 0 saturated heterocycles. The van der Waals surface area contributed by atoms with Crippen LogP contribution in [-0.2, 0) is 32.6 Å². The summed E-state index contributed by atoms with van der Waals surface area (Å²) in [7, 11) is -3.79. The molecule has 3 aromatic carbocycles. The van der Waals surface area contributed by atoms with E-state index in [9.17, 15) is 22.4 Å². The molecule has 0 heterocycles. The van der Waals surface area contributed by atoms with Gasteiger partial charge in [0.2, 0.25) is 21.8 Å². The normalized spacial score (nSPS) is 12.4. The number of nitrogens with one attached hydrogen (secondary N) is 1. The number of nitrogens with zero attached hydrogens (tertiary/aromatic N) is 2. The molecule has 0 aliphatic carbocycles. The molecule has 3 rings (SSSR count). The number of hydrogen-bond acceptors (Lipinski definition) is 4. The van der Waals surface area contributed by atoms with Gasteiger partial charge in [0.1, 0.15) is 11.9 Å². The van der Waals surface area contributed by atoms with Gasteiger partial charge < -0.3 is 10.2 Å². The third kappa shape index (κ3) is 9.19. The molecule has 0 radical (unpaired) electrons. The Kier molecular flexibility index (Phi) is 10.5. The van der Waals surface area contributed by atoms with E-state index in [1.165, 1.54) is 18.2 Å². The summed E-state index contributed by atoms with van der Waals surface area (Å²) in [5.74, 6) is -1.23. The van der Waals surface area contributed by atoms with Crippen LogP contribution in [0.4, 0.5) is 10.1 Å². The minimum absolute atomic E-state index is 0.0264. The zero-order chi connectivity index (χ0) is 29.3. The third-order valence-corrected chi connectivity index (χ3v) is 7.42. The highest BCUT2D eigenvalue weighted by Crippen LogP contribution is 2.23. The number of para-hydroxylation sites is 1. The highest BCUT2D eigenvalue weighted by molar-refractivity contribution is 7.92. The summed E-state index contributed by atoms with van der Waals surface area (Å²) in [5, 5.41) is 3.02. The third-order valence-electron chi connectivity index (χ3n) is 6.24. The molecular weight excluding hydrogens is 529 g/mol. The predicted molar refractivity (Wildman–Crippen MR) is 157 cm³/mol. The van der Waals surface area contributed by atoms with Crippen molar-refractivity contribution in [2.24, 2.45) is 0 Å². The summed E-state index contributed by atoms with van der Waals surface area (Å²) in [6.07, 6.45) is 1.44. The van der Waals surface area contributed by atoms with Crippen molar-refractivity contribution in [1.82, 2.24) is 10.2 Å². The molecule has 3 aromatic rings. The van der Waals surface area contributed by atoms with E-state index in [0.29, 0.717) is 6.42 Å². The largest absolute Gasteiger partial charge is 0.350 e. The predicted octanol–water partition coefficient (Wildman–Crippen LogP) is 4.93. The van der Waals surface area contributed by atoms with Gasteiger partial charge in [-0.25, -0.2) is 12.8 Å². The highest BCUT2D eigenvalue weighted by atomic mass is 32.2. The van der Waals surface area contributed by atoms with Crippen LogP contribution < -0.4 is 9.62 Å². The Morgan fingerprint density at radius 2 is 1.43 bits per heavy atom. The lowest BCUT2D eigenvalue weighted by atomic mass is 10.00. The van der Waals surface area contributed by atoms with E-state index in [0.717, 1.165) is 21.7 Å². The number of halogens is 1. The van der Waals surface area contributed by atoms with Crippen LogP contribution in [0.15, 0.2) is 84.9 Å². The maximum Gasteiger partial charge on any atom is 0.243 e. The zero-order valence-electron chi connectivity index (χ0n) is 23.5. The van der Waals surface area contributed by atoms with Crippen molar-refractivity contribution < 1.29 is 22.4 Å². The fourth-order valence-corrected chi connectivity index (χ4v) is 5.39. The van der Waals surface area contributed by atoms with Gasteiger partial charge in [-0.2, -0.15) is 0 Å². The van der Waals surface area contributed by atoms with E-state index in [4.69, 9.17) is 0 Å². The molecule has 214 valence electrons. The number of hydrogen-bond donors (Lipinski definition) is 1. The lowest BCUT2D eigenvalue weighted by Gasteiger charge is -2.34. The molecule has 0 aliphatic heterocycles. The van der Waals surface area contributed by atoms with E-state index in [-0.39, 0.29) is 43.4 Å². The van der Waals surface area contributed by atoms with Gasteiger partial charge in [-0.1, -0.05) is 72.8 Å². The quantitative estimate of drug-likeness (QED) is 0.336. The average molecular weight is 568 g/mol. The van der Waals surface area contributed by atoms with Crippen molar-refractivity contribution in [3.8, 4) is 0 Å². The molecule has 0 bridgehead atoms. The second-order valence-corrected chi connectivity index (χ2v) is 12.7. The SMILES string of the molecule is CC(C)(C)NC(=O)C(Cc1ccccc1)N(Cc1ccccc1)C(=O)CCCN(c1ccccc1F)S(C)(=O)=O. The van der Waals surface area contributed by atoms with Crippen molar-refractivity contribution in [3.63, 3.8) is 0 Å². The molecule has 0 saturated carbocycles. The molecule has 7 nitrogen and oxygen atoms in total. The van der Waals surface area contributed by atoms with Crippen molar-refractivity contribution in [2.45, 2.75) is 58.2 Å². The first-order valence-corrected chi connectivity index (χ1v) is 15.1. The summed E-state index contributed by atoms with van der Waals surface area (Å²) in [5.41, 5.74) is 1.19. The maximum atomic E-state index is 14.4. The summed E-state index contributed by atoms with van der Waals surface area (Å²) in [6.45, 7) is 5.78. The molecule has 0 spiro atoms. The Labute approximate surface area is 237 Å². The molecular formula is C31H38FN3O4S. The molecule has 40 heavy (non-hydrogen) atoms. The second kappa shape index (κ2) is 13.6. The first-order valence-electron chi connectivity index (χ1n) is 13.3. The minimum atomic E-state index is -3.79. The van der Waals surface area contributed by atoms with Crippen LogP contribution in [0, 0.1) is 5.82 Å². The number of sulfonamides is 1. The zero-order valence-corrected chi connectivity index (χ0v) is 24.3. The van der Waals surface area contributed by atoms with Crippen LogP contribution >= 0.6 is 0 Å². The summed E-state index contributed by atoms with van der Waals surface area (Å²) < 4.78 is 40.4. The van der Waals surface area contributed by atoms with Gasteiger partial charge in [-0.05, 0) is 50.5 Å². The fraction of sp³-hybridized carbons (Fsp3) is 0.355. The summed E-state index contributed by atoms with van der Waals surface area (Å²) >= 11 is 0. The van der Waals surface area contributed by atoms with Crippen molar-refractivity contribution in [2.75, 3.05) is 17.1 Å². The second-order valence-electron chi connectivity index (χ2n) is 10.8. The van der Waals surface area contributed by atoms with Crippen LogP contribution in [0.1, 0.15) is 44.7 Å². The van der Waals surface area contributed by atoms with Crippen molar-refractivity contribution >= 4 is 27.5 Å². The summed E-state index contributed by atoms with van der Waals surface area (Å²) in [4.78, 5) is 29.0. The smallest absolute Gasteiger partial charge is 0.243 e. The van der Waals surface area contributed by atoms with E-state index in [2.05, 4.69) is 5.32 Å². The van der Waals surface area contributed by atoms with Crippen LogP contribution in [0.25, 0.3) is 0 Å². The first-order chi connectivity index (χ1) is 18.8. The molecule has 9 heteroatoms. The average Bonchev–Trinajstić information content (AvgIpc) is 2.88. The Bertz CT molecular complexity index is 1380. The van der Waals surface area contributed by atoms with Gasteiger partial charge in [-0.3, -0.25) is 13.9 Å². The Balaban J connectivity index is 1.89. The fourth-order valence-electron chi connectivity index (χ4n) is 4.42. The molecule has 1 atom stereocenters. The Hall–Kier alpha value is -3.72. The Morgan fingerprint density at radius 1 is 0.875 bits per heavy atom. The van der Waals surface area contributed by atoms with Crippen molar-refractivity contribution in [3.05, 3.63) is 102 Å². The lowest BCUT2D eigenvalue weighted by Crippen LogP contribution is -2.54. The standard InChI is InChI=1S/C31H38FN3O4S/c1-31(2,3)33-30(37)28(22-24-14-7-5-8-15-24)34(23-25-16-9-6-10-17-25)29(36)20-13-21-35(40(4,38)39)27-19-12-11-18-26(27)32/h5-12,14-19,28H,13,20-23H2,1-4H3,(H,33,37). The highest BCUT2D eigenvalue weighted by Gasteiger charge is 2.32. The summed E-state index contributed by atoms with van der Waals surface area (Å²) in [6, 6.07) is 23.8. The molecule has 1 N–H and O–H groups in total. The lowest BCUT2D eigenvalue weighted by molar-refractivity contribution is -0.142. The minimum Gasteiger partial charge on any atom is -0.350 e. The molecule has 2 amide bonds. The van der Waals surface area contributed by atoms with Crippen LogP contribution in [0.3, 0.4) is 0 Å². The van der Waals surface area contributed by atoms with E-state index in [1.807, 2.05) is 81.4 Å². The maximum absolute atomic E-state index is 14.4. The van der Waals surface area contributed by atoms with Crippen LogP contribution in [0.5, 0.6) is 0 Å². The molecule has 0 aromatic heterocycles. The molecule has 0 aliphatic rings. The first kappa shape index (κ1) is 30.8. The number of amides is 2. The Morgan fingerprint density at radius 3 is 1.98 bits per heavy atom. The van der Waals surface area contributed by atoms with E-state index in [1.54, 1.807) is 11.0 Å². The van der Waals surface area contributed by atoms with Crippen LogP contribution in [0.2, 0.25) is 0 Å². The van der Waals surface area contributed by atoms with Crippen molar-refractivity contribution in [1.29, 1.82) is 0 Å². The number of anilines is 1. The monoisotopic (exact) mass is 567 g/mol. The van der Waals surface area contributed by atoms with Gasteiger partial charge in [0, 0.05) is 31.5 Å². The molecule has 1 unspecified atom stereocenters. The molecule has 0 fully saturated rings. The van der Waals surface area contributed by atoms with Gasteiger partial charge in [0.25, 0.3) is 0 Å². The van der Waals surface area contributed by atoms with Gasteiger partial charge >= 0.3 is 0 Å². The van der Waals surface area contributed by atoms with Gasteiger partial charge in [0.15, 0.2) is 0 Å². The van der Waals surface area contributed by atoms with Gasteiger partial charge in [0.05, 0.1) is 11.9 Å². The van der Waals surface area contributed by atoms with Gasteiger partial charge in [-0.15, -0.1) is 0 Å². The van der Waals surface area contributed by atoms with E-state index >= 15 is 0 Å². The van der Waals surface area contributed by atoms with E-state index < -0.39 is 27.4 Å². The van der Waals surface area contributed by atoms with Crippen LogP contribution in [-0.4, -0.2) is 49.5 Å². The number of carbonyl (C=O) groups excluding carboxylic acids is 2. The topological polar surface area (TPSA) is 86.8 Å². The number of benzene rings is 3. The number of carbonyl (C=O) groups is 2. The number of rotatable bonds is 12.